The van der Waals surface area contributed by atoms with Crippen molar-refractivity contribution in [2.75, 3.05) is 5.32 Å². The molecule has 0 bridgehead atoms. The minimum Gasteiger partial charge on any atom is -0.299 e. The Kier molecular flexibility index (Phi) is 6.44. The normalized spacial score (nSPS) is 12.8. The zero-order valence-electron chi connectivity index (χ0n) is 13.1. The van der Waals surface area contributed by atoms with Crippen LogP contribution in [0.3, 0.4) is 0 Å². The van der Waals surface area contributed by atoms with Gasteiger partial charge in [0.1, 0.15) is 5.01 Å². The van der Waals surface area contributed by atoms with Gasteiger partial charge in [-0.1, -0.05) is 34.2 Å². The lowest BCUT2D eigenvalue weighted by Crippen LogP contribution is -2.41. The molecule has 2 aromatic rings. The molecular weight excluding hydrogens is 416 g/mol. The van der Waals surface area contributed by atoms with Gasteiger partial charge in [-0.05, 0) is 37.6 Å². The lowest BCUT2D eigenvalue weighted by Gasteiger charge is -2.13. The molecule has 1 atom stereocenters. The number of carbonyl (C=O) groups excluding carboxylic acids is 1. The van der Waals surface area contributed by atoms with Crippen molar-refractivity contribution in [3.05, 3.63) is 33.7 Å². The van der Waals surface area contributed by atoms with Crippen LogP contribution in [0.1, 0.15) is 25.3 Å². The van der Waals surface area contributed by atoms with E-state index in [4.69, 9.17) is 0 Å². The van der Waals surface area contributed by atoms with Crippen molar-refractivity contribution in [3.8, 4) is 0 Å². The summed E-state index contributed by atoms with van der Waals surface area (Å²) in [5, 5.41) is 11.6. The largest absolute Gasteiger partial charge is 0.299 e. The molecule has 10 heteroatoms. The van der Waals surface area contributed by atoms with E-state index in [0.29, 0.717) is 5.13 Å². The van der Waals surface area contributed by atoms with Crippen molar-refractivity contribution in [1.82, 2.24) is 14.9 Å². The molecule has 24 heavy (non-hydrogen) atoms. The number of sulfonamides is 1. The maximum Gasteiger partial charge on any atom is 0.244 e. The number of anilines is 1. The van der Waals surface area contributed by atoms with Crippen LogP contribution in [-0.4, -0.2) is 30.6 Å². The number of hydrogen-bond acceptors (Lipinski definition) is 6. The van der Waals surface area contributed by atoms with Gasteiger partial charge in [-0.3, -0.25) is 10.1 Å². The van der Waals surface area contributed by atoms with Crippen LogP contribution < -0.4 is 10.0 Å². The van der Waals surface area contributed by atoms with Crippen molar-refractivity contribution in [2.24, 2.45) is 0 Å². The van der Waals surface area contributed by atoms with Crippen molar-refractivity contribution >= 4 is 48.3 Å². The van der Waals surface area contributed by atoms with E-state index in [2.05, 4.69) is 36.2 Å². The Morgan fingerprint density at radius 1 is 1.29 bits per heavy atom. The molecular formula is C14H17BrN4O3S2. The molecule has 0 fully saturated rings. The smallest absolute Gasteiger partial charge is 0.244 e. The number of aryl methyl sites for hydroxylation is 1. The van der Waals surface area contributed by atoms with E-state index in [-0.39, 0.29) is 4.90 Å². The molecule has 1 amide bonds. The molecule has 7 nitrogen and oxygen atoms in total. The lowest BCUT2D eigenvalue weighted by molar-refractivity contribution is -0.117. The maximum absolute atomic E-state index is 12.3. The molecule has 2 N–H and O–H groups in total. The Morgan fingerprint density at radius 3 is 2.58 bits per heavy atom. The average molecular weight is 433 g/mol. The van der Waals surface area contributed by atoms with Gasteiger partial charge in [0.2, 0.25) is 21.1 Å². The van der Waals surface area contributed by atoms with Crippen LogP contribution in [0.25, 0.3) is 0 Å². The van der Waals surface area contributed by atoms with E-state index in [1.54, 1.807) is 12.1 Å². The second kappa shape index (κ2) is 8.15. The highest BCUT2D eigenvalue weighted by Crippen LogP contribution is 2.17. The van der Waals surface area contributed by atoms with E-state index >= 15 is 0 Å². The summed E-state index contributed by atoms with van der Waals surface area (Å²) < 4.78 is 27.7. The number of nitrogens with zero attached hydrogens (tertiary/aromatic N) is 2. The summed E-state index contributed by atoms with van der Waals surface area (Å²) >= 11 is 4.53. The zero-order chi connectivity index (χ0) is 17.7. The summed E-state index contributed by atoms with van der Waals surface area (Å²) in [7, 11) is -3.78. The van der Waals surface area contributed by atoms with Crippen molar-refractivity contribution < 1.29 is 13.2 Å². The summed E-state index contributed by atoms with van der Waals surface area (Å²) in [5.74, 6) is -0.491. The molecule has 0 saturated heterocycles. The van der Waals surface area contributed by atoms with Crippen LogP contribution in [-0.2, 0) is 21.2 Å². The fourth-order valence-corrected chi connectivity index (χ4v) is 4.11. The van der Waals surface area contributed by atoms with Gasteiger partial charge in [-0.25, -0.2) is 8.42 Å². The summed E-state index contributed by atoms with van der Waals surface area (Å²) in [4.78, 5) is 12.2. The lowest BCUT2D eigenvalue weighted by atomic mass is 10.3. The molecule has 2 rings (SSSR count). The van der Waals surface area contributed by atoms with Crippen LogP contribution in [0.15, 0.2) is 33.6 Å². The molecule has 130 valence electrons. The number of amides is 1. The first kappa shape index (κ1) is 19.0. The van der Waals surface area contributed by atoms with E-state index in [9.17, 15) is 13.2 Å². The molecule has 0 saturated carbocycles. The van der Waals surface area contributed by atoms with Gasteiger partial charge in [-0.2, -0.15) is 4.72 Å². The standard InChI is InChI=1S/C14H17BrN4O3S2/c1-3-4-12-17-18-14(23-12)16-13(20)9(2)19-24(21,22)11-7-5-10(15)6-8-11/h5-9,19H,3-4H2,1-2H3,(H,16,18,20). The highest BCUT2D eigenvalue weighted by atomic mass is 79.9. The fourth-order valence-electron chi connectivity index (χ4n) is 1.80. The molecule has 1 aromatic heterocycles. The monoisotopic (exact) mass is 432 g/mol. The Balaban J connectivity index is 2.00. The summed E-state index contributed by atoms with van der Waals surface area (Å²) in [6.07, 6.45) is 1.73. The summed E-state index contributed by atoms with van der Waals surface area (Å²) in [6.45, 7) is 3.50. The molecule has 1 aromatic carbocycles. The number of benzene rings is 1. The number of aromatic nitrogens is 2. The zero-order valence-corrected chi connectivity index (χ0v) is 16.3. The third-order valence-corrected chi connectivity index (χ3v) is 5.99. The first-order chi connectivity index (χ1) is 11.3. The topological polar surface area (TPSA) is 101 Å². The summed E-state index contributed by atoms with van der Waals surface area (Å²) in [6, 6.07) is 5.21. The minimum absolute atomic E-state index is 0.0893. The predicted octanol–water partition coefficient (Wildman–Crippen LogP) is 2.56. The molecule has 1 unspecified atom stereocenters. The van der Waals surface area contributed by atoms with Crippen LogP contribution >= 0.6 is 27.3 Å². The quantitative estimate of drug-likeness (QED) is 0.699. The minimum atomic E-state index is -3.78. The third-order valence-electron chi connectivity index (χ3n) is 3.01. The molecule has 0 aliphatic rings. The van der Waals surface area contributed by atoms with Crippen LogP contribution in [0.5, 0.6) is 0 Å². The number of nitrogens with one attached hydrogen (secondary N) is 2. The van der Waals surface area contributed by atoms with E-state index in [1.807, 2.05) is 6.92 Å². The Morgan fingerprint density at radius 2 is 1.96 bits per heavy atom. The van der Waals surface area contributed by atoms with Crippen LogP contribution in [0, 0.1) is 0 Å². The van der Waals surface area contributed by atoms with Gasteiger partial charge in [0, 0.05) is 10.9 Å². The van der Waals surface area contributed by atoms with Crippen molar-refractivity contribution in [3.63, 3.8) is 0 Å². The van der Waals surface area contributed by atoms with Gasteiger partial charge >= 0.3 is 0 Å². The maximum atomic E-state index is 12.3. The Labute approximate surface area is 153 Å². The first-order valence-electron chi connectivity index (χ1n) is 7.23. The third kappa shape index (κ3) is 5.07. The molecule has 0 spiro atoms. The van der Waals surface area contributed by atoms with Gasteiger partial charge in [0.05, 0.1) is 10.9 Å². The van der Waals surface area contributed by atoms with Gasteiger partial charge in [0.25, 0.3) is 0 Å². The molecule has 0 aliphatic carbocycles. The second-order valence-electron chi connectivity index (χ2n) is 5.04. The second-order valence-corrected chi connectivity index (χ2v) is 8.73. The molecule has 0 radical (unpaired) electrons. The highest BCUT2D eigenvalue weighted by Gasteiger charge is 2.22. The molecule has 1 heterocycles. The summed E-state index contributed by atoms with van der Waals surface area (Å²) in [5.41, 5.74) is 0. The first-order valence-corrected chi connectivity index (χ1v) is 10.3. The van der Waals surface area contributed by atoms with E-state index in [1.165, 1.54) is 30.4 Å². The fraction of sp³-hybridized carbons (Fsp3) is 0.357. The predicted molar refractivity (Wildman–Crippen MR) is 96.5 cm³/mol. The number of rotatable bonds is 7. The van der Waals surface area contributed by atoms with Gasteiger partial charge in [0.15, 0.2) is 0 Å². The average Bonchev–Trinajstić information content (AvgIpc) is 2.94. The van der Waals surface area contributed by atoms with Gasteiger partial charge < -0.3 is 0 Å². The Hall–Kier alpha value is -1.36. The SMILES string of the molecule is CCCc1nnc(NC(=O)C(C)NS(=O)(=O)c2ccc(Br)cc2)s1. The van der Waals surface area contributed by atoms with E-state index < -0.39 is 22.0 Å². The Bertz CT molecular complexity index is 806. The van der Waals surface area contributed by atoms with Gasteiger partial charge in [-0.15, -0.1) is 10.2 Å². The molecule has 0 aliphatic heterocycles. The van der Waals surface area contributed by atoms with Crippen LogP contribution in [0.4, 0.5) is 5.13 Å². The van der Waals surface area contributed by atoms with Crippen LogP contribution in [0.2, 0.25) is 0 Å². The van der Waals surface area contributed by atoms with Crippen molar-refractivity contribution in [1.29, 1.82) is 0 Å². The van der Waals surface area contributed by atoms with Crippen molar-refractivity contribution in [2.45, 2.75) is 37.6 Å². The highest BCUT2D eigenvalue weighted by molar-refractivity contribution is 9.10. The van der Waals surface area contributed by atoms with E-state index in [0.717, 1.165) is 22.3 Å². The number of hydrogen-bond donors (Lipinski definition) is 2. The number of halogens is 1. The number of carbonyl (C=O) groups is 1.